The molecule has 0 radical (unpaired) electrons. The Hall–Kier alpha value is -4.20. The van der Waals surface area contributed by atoms with Gasteiger partial charge < -0.3 is 15.0 Å². The lowest BCUT2D eigenvalue weighted by Crippen LogP contribution is -2.30. The summed E-state index contributed by atoms with van der Waals surface area (Å²) in [6, 6.07) is 17.1. The molecule has 1 amide bonds. The van der Waals surface area contributed by atoms with Gasteiger partial charge in [0.1, 0.15) is 11.4 Å². The summed E-state index contributed by atoms with van der Waals surface area (Å²) >= 11 is 0. The van der Waals surface area contributed by atoms with Crippen LogP contribution in [0.2, 0.25) is 0 Å². The van der Waals surface area contributed by atoms with Gasteiger partial charge in [-0.15, -0.1) is 6.58 Å². The predicted molar refractivity (Wildman–Crippen MR) is 127 cm³/mol. The molecule has 0 saturated heterocycles. The molecule has 0 spiro atoms. The lowest BCUT2D eigenvalue weighted by molar-refractivity contribution is -0.384. The smallest absolute Gasteiger partial charge is 0.293 e. The van der Waals surface area contributed by atoms with Crippen LogP contribution >= 0.6 is 0 Å². The van der Waals surface area contributed by atoms with Gasteiger partial charge in [0.05, 0.1) is 23.8 Å². The first-order valence-electron chi connectivity index (χ1n) is 10.4. The number of aromatic nitrogens is 1. The highest BCUT2D eigenvalue weighted by Crippen LogP contribution is 2.29. The van der Waals surface area contributed by atoms with Gasteiger partial charge in [0.25, 0.3) is 11.6 Å². The number of benzene rings is 2. The van der Waals surface area contributed by atoms with Crippen LogP contribution in [0.4, 0.5) is 11.4 Å². The highest BCUT2D eigenvalue weighted by atomic mass is 16.6. The zero-order chi connectivity index (χ0) is 23.8. The molecule has 1 heterocycles. The van der Waals surface area contributed by atoms with Gasteiger partial charge in [-0.3, -0.25) is 19.9 Å². The number of hydrogen-bond acceptors (Lipinski definition) is 6. The third kappa shape index (κ3) is 5.94. The number of methoxy groups -OCH3 is 1. The molecule has 170 valence electrons. The summed E-state index contributed by atoms with van der Waals surface area (Å²) in [6.07, 6.45) is 3.29. The number of nitro groups is 1. The van der Waals surface area contributed by atoms with Crippen molar-refractivity contribution in [2.24, 2.45) is 0 Å². The van der Waals surface area contributed by atoms with Crippen LogP contribution in [-0.2, 0) is 6.54 Å². The molecule has 0 aliphatic carbocycles. The molecule has 1 unspecified atom stereocenters. The molecular formula is C25H26N4O4. The monoisotopic (exact) mass is 446 g/mol. The van der Waals surface area contributed by atoms with Crippen molar-refractivity contribution >= 4 is 17.3 Å². The lowest BCUT2D eigenvalue weighted by atomic mass is 10.1. The fraction of sp³-hybridized carbons (Fsp3) is 0.200. The fourth-order valence-corrected chi connectivity index (χ4v) is 3.39. The Bertz CT molecular complexity index is 1120. The van der Waals surface area contributed by atoms with Gasteiger partial charge in [0.15, 0.2) is 0 Å². The first-order valence-corrected chi connectivity index (χ1v) is 10.4. The highest BCUT2D eigenvalue weighted by Gasteiger charge is 2.22. The number of amides is 1. The molecule has 1 aromatic heterocycles. The van der Waals surface area contributed by atoms with Crippen molar-refractivity contribution in [2.45, 2.75) is 19.5 Å². The van der Waals surface area contributed by atoms with E-state index in [0.717, 1.165) is 17.0 Å². The van der Waals surface area contributed by atoms with E-state index in [4.69, 9.17) is 4.74 Å². The van der Waals surface area contributed by atoms with Crippen LogP contribution in [0.1, 0.15) is 34.6 Å². The van der Waals surface area contributed by atoms with E-state index in [2.05, 4.69) is 16.9 Å². The van der Waals surface area contributed by atoms with Gasteiger partial charge in [0.2, 0.25) is 0 Å². The van der Waals surface area contributed by atoms with Crippen LogP contribution in [0.5, 0.6) is 5.75 Å². The maximum absolute atomic E-state index is 13.2. The van der Waals surface area contributed by atoms with Crippen LogP contribution in [0.15, 0.2) is 79.5 Å². The Labute approximate surface area is 192 Å². The van der Waals surface area contributed by atoms with Crippen LogP contribution in [0.3, 0.4) is 0 Å². The number of rotatable bonds is 10. The molecule has 1 N–H and O–H groups in total. The van der Waals surface area contributed by atoms with Crippen LogP contribution < -0.4 is 10.1 Å². The standard InChI is InChI=1S/C25H26N4O4/c1-4-15-28(17-19-8-11-21(33-3)12-9-19)25(30)20-10-13-23(24(16-20)29(31)32)27-18(2)22-7-5-6-14-26-22/h4-14,16,18,27H,1,15,17H2,2-3H3. The second kappa shape index (κ2) is 10.9. The second-order valence-electron chi connectivity index (χ2n) is 7.43. The molecule has 0 aliphatic rings. The Morgan fingerprint density at radius 1 is 1.24 bits per heavy atom. The summed E-state index contributed by atoms with van der Waals surface area (Å²) in [6.45, 7) is 6.23. The second-order valence-corrected chi connectivity index (χ2v) is 7.43. The van der Waals surface area contributed by atoms with Crippen molar-refractivity contribution in [3.05, 3.63) is 106 Å². The molecule has 8 nitrogen and oxygen atoms in total. The van der Waals surface area contributed by atoms with E-state index in [1.54, 1.807) is 42.5 Å². The minimum absolute atomic E-state index is 0.174. The summed E-state index contributed by atoms with van der Waals surface area (Å²) < 4.78 is 5.17. The maximum atomic E-state index is 13.2. The van der Waals surface area contributed by atoms with E-state index in [-0.39, 0.29) is 23.2 Å². The number of pyridine rings is 1. The van der Waals surface area contributed by atoms with E-state index >= 15 is 0 Å². The first kappa shape index (κ1) is 23.5. The minimum Gasteiger partial charge on any atom is -0.497 e. The largest absolute Gasteiger partial charge is 0.497 e. The van der Waals surface area contributed by atoms with Gasteiger partial charge >= 0.3 is 0 Å². The van der Waals surface area contributed by atoms with E-state index in [0.29, 0.717) is 18.8 Å². The van der Waals surface area contributed by atoms with Crippen molar-refractivity contribution < 1.29 is 14.5 Å². The number of carbonyl (C=O) groups excluding carboxylic acids is 1. The van der Waals surface area contributed by atoms with Gasteiger partial charge in [0, 0.05) is 30.9 Å². The van der Waals surface area contributed by atoms with Crippen molar-refractivity contribution in [3.63, 3.8) is 0 Å². The van der Waals surface area contributed by atoms with Crippen LogP contribution in [0.25, 0.3) is 0 Å². The molecule has 2 aromatic carbocycles. The summed E-state index contributed by atoms with van der Waals surface area (Å²) in [5.41, 5.74) is 2.03. The number of ether oxygens (including phenoxy) is 1. The summed E-state index contributed by atoms with van der Waals surface area (Å²) in [5.74, 6) is 0.400. The number of carbonyl (C=O) groups is 1. The van der Waals surface area contributed by atoms with Gasteiger partial charge in [-0.25, -0.2) is 0 Å². The third-order valence-electron chi connectivity index (χ3n) is 5.11. The normalized spacial score (nSPS) is 11.3. The average Bonchev–Trinajstić information content (AvgIpc) is 2.84. The quantitative estimate of drug-likeness (QED) is 0.267. The zero-order valence-electron chi connectivity index (χ0n) is 18.6. The molecule has 3 rings (SSSR count). The van der Waals surface area contributed by atoms with Gasteiger partial charge in [-0.2, -0.15) is 0 Å². The topological polar surface area (TPSA) is 97.6 Å². The Balaban J connectivity index is 1.83. The third-order valence-corrected chi connectivity index (χ3v) is 5.11. The fourth-order valence-electron chi connectivity index (χ4n) is 3.39. The number of nitrogens with zero attached hydrogens (tertiary/aromatic N) is 3. The molecule has 0 saturated carbocycles. The summed E-state index contributed by atoms with van der Waals surface area (Å²) in [7, 11) is 1.59. The number of anilines is 1. The number of hydrogen-bond donors (Lipinski definition) is 1. The first-order chi connectivity index (χ1) is 15.9. The number of nitro benzene ring substituents is 1. The number of nitrogens with one attached hydrogen (secondary N) is 1. The molecule has 0 fully saturated rings. The molecular weight excluding hydrogens is 420 g/mol. The van der Waals surface area contributed by atoms with Crippen LogP contribution in [-0.4, -0.2) is 34.4 Å². The van der Waals surface area contributed by atoms with E-state index in [9.17, 15) is 14.9 Å². The minimum atomic E-state index is -0.494. The average molecular weight is 447 g/mol. The van der Waals surface area contributed by atoms with Gasteiger partial charge in [-0.05, 0) is 48.9 Å². The van der Waals surface area contributed by atoms with Crippen molar-refractivity contribution in [3.8, 4) is 5.75 Å². The predicted octanol–water partition coefficient (Wildman–Crippen LogP) is 5.00. The van der Waals surface area contributed by atoms with E-state index < -0.39 is 4.92 Å². The Morgan fingerprint density at radius 3 is 2.61 bits per heavy atom. The van der Waals surface area contributed by atoms with E-state index in [1.807, 2.05) is 43.3 Å². The van der Waals surface area contributed by atoms with Crippen molar-refractivity contribution in [1.29, 1.82) is 0 Å². The van der Waals surface area contributed by atoms with Crippen molar-refractivity contribution in [2.75, 3.05) is 19.0 Å². The molecule has 3 aromatic rings. The lowest BCUT2D eigenvalue weighted by Gasteiger charge is -2.22. The summed E-state index contributed by atoms with van der Waals surface area (Å²) in [4.78, 5) is 30.3. The molecule has 8 heteroatoms. The molecule has 33 heavy (non-hydrogen) atoms. The van der Waals surface area contributed by atoms with E-state index in [1.165, 1.54) is 6.07 Å². The highest BCUT2D eigenvalue weighted by molar-refractivity contribution is 5.95. The van der Waals surface area contributed by atoms with Gasteiger partial charge in [-0.1, -0.05) is 24.3 Å². The molecule has 0 bridgehead atoms. The summed E-state index contributed by atoms with van der Waals surface area (Å²) in [5, 5.41) is 14.9. The maximum Gasteiger partial charge on any atom is 0.293 e. The molecule has 0 aliphatic heterocycles. The Kier molecular flexibility index (Phi) is 7.75. The Morgan fingerprint density at radius 2 is 2.00 bits per heavy atom. The zero-order valence-corrected chi connectivity index (χ0v) is 18.6. The SMILES string of the molecule is C=CCN(Cc1ccc(OC)cc1)C(=O)c1ccc(NC(C)c2ccccn2)c([N+](=O)[O-])c1. The van der Waals surface area contributed by atoms with Crippen LogP contribution in [0, 0.1) is 10.1 Å². The van der Waals surface area contributed by atoms with Crippen molar-refractivity contribution in [1.82, 2.24) is 9.88 Å². The molecule has 1 atom stereocenters.